The highest BCUT2D eigenvalue weighted by Gasteiger charge is 2.11. The van der Waals surface area contributed by atoms with Crippen molar-refractivity contribution in [3.05, 3.63) is 11.8 Å². The summed E-state index contributed by atoms with van der Waals surface area (Å²) in [6.45, 7) is 2.22. The first-order valence-corrected chi connectivity index (χ1v) is 4.26. The fourth-order valence-corrected chi connectivity index (χ4v) is 1.47. The van der Waals surface area contributed by atoms with E-state index in [0.717, 1.165) is 30.9 Å². The first-order valence-electron chi connectivity index (χ1n) is 4.26. The van der Waals surface area contributed by atoms with Gasteiger partial charge in [0.1, 0.15) is 0 Å². The van der Waals surface area contributed by atoms with E-state index < -0.39 is 0 Å². The summed E-state index contributed by atoms with van der Waals surface area (Å²) in [4.78, 5) is 10.1. The Morgan fingerprint density at radius 1 is 1.82 bits per heavy atom. The quantitative estimate of drug-likeness (QED) is 0.616. The first kappa shape index (κ1) is 8.31. The highest BCUT2D eigenvalue weighted by molar-refractivity contribution is 5.50. The number of nitrogens with one attached hydrogen (secondary N) is 1. The van der Waals surface area contributed by atoms with Gasteiger partial charge in [0.05, 0.1) is 0 Å². The van der Waals surface area contributed by atoms with Crippen LogP contribution in [-0.2, 0) is 4.79 Å². The van der Waals surface area contributed by atoms with Gasteiger partial charge < -0.3 is 5.32 Å². The van der Waals surface area contributed by atoms with Crippen molar-refractivity contribution in [1.29, 1.82) is 0 Å². The topological polar surface area (TPSA) is 29.1 Å². The molecule has 0 heterocycles. The molecule has 0 bridgehead atoms. The molecule has 0 spiro atoms. The van der Waals surface area contributed by atoms with Crippen molar-refractivity contribution < 1.29 is 4.79 Å². The van der Waals surface area contributed by atoms with E-state index in [1.807, 2.05) is 0 Å². The van der Waals surface area contributed by atoms with E-state index in [2.05, 4.69) is 18.3 Å². The molecular formula is C9H15NO. The van der Waals surface area contributed by atoms with Crippen LogP contribution in [0.1, 0.15) is 32.6 Å². The molecule has 1 unspecified atom stereocenters. The number of allylic oxidation sites excluding steroid dienone is 2. The minimum Gasteiger partial charge on any atom is -0.333 e. The third-order valence-corrected chi connectivity index (χ3v) is 2.34. The first-order chi connectivity index (χ1) is 5.36. The average molecular weight is 153 g/mol. The molecule has 0 aromatic carbocycles. The van der Waals surface area contributed by atoms with Crippen LogP contribution in [0.5, 0.6) is 0 Å². The third-order valence-electron chi connectivity index (χ3n) is 2.34. The second-order valence-corrected chi connectivity index (χ2v) is 3.04. The van der Waals surface area contributed by atoms with E-state index in [1.54, 1.807) is 0 Å². The lowest BCUT2D eigenvalue weighted by atomic mass is 9.90. The molecule has 2 heteroatoms. The van der Waals surface area contributed by atoms with Crippen molar-refractivity contribution in [3.8, 4) is 0 Å². The molecule has 0 saturated carbocycles. The van der Waals surface area contributed by atoms with Crippen LogP contribution in [0.15, 0.2) is 11.8 Å². The zero-order valence-corrected chi connectivity index (χ0v) is 6.97. The van der Waals surface area contributed by atoms with Crippen molar-refractivity contribution in [1.82, 2.24) is 5.32 Å². The molecule has 1 amide bonds. The predicted octanol–water partition coefficient (Wildman–Crippen LogP) is 1.83. The van der Waals surface area contributed by atoms with Crippen LogP contribution in [0.2, 0.25) is 0 Å². The summed E-state index contributed by atoms with van der Waals surface area (Å²) in [5.41, 5.74) is 1.10. The zero-order valence-electron chi connectivity index (χ0n) is 6.97. The maximum Gasteiger partial charge on any atom is 0.211 e. The van der Waals surface area contributed by atoms with Gasteiger partial charge in [0.25, 0.3) is 0 Å². The Bertz CT molecular complexity index is 163. The normalized spacial score (nSPS) is 24.1. The standard InChI is InChI=1S/C9H15NO/c1-2-8-3-5-9(6-4-8)10-7-11/h5,7-8H,2-4,6H2,1H3,(H,10,11). The Morgan fingerprint density at radius 2 is 2.64 bits per heavy atom. The number of amides is 1. The molecular weight excluding hydrogens is 138 g/mol. The lowest BCUT2D eigenvalue weighted by molar-refractivity contribution is -0.109. The van der Waals surface area contributed by atoms with Crippen molar-refractivity contribution in [2.24, 2.45) is 5.92 Å². The molecule has 62 valence electrons. The predicted molar refractivity (Wildman–Crippen MR) is 44.9 cm³/mol. The van der Waals surface area contributed by atoms with Crippen molar-refractivity contribution in [3.63, 3.8) is 0 Å². The number of hydrogen-bond acceptors (Lipinski definition) is 1. The zero-order chi connectivity index (χ0) is 8.10. The Hall–Kier alpha value is -0.790. The fraction of sp³-hybridized carbons (Fsp3) is 0.667. The van der Waals surface area contributed by atoms with Crippen LogP contribution in [0.4, 0.5) is 0 Å². The van der Waals surface area contributed by atoms with Crippen LogP contribution >= 0.6 is 0 Å². The monoisotopic (exact) mass is 153 g/mol. The van der Waals surface area contributed by atoms with E-state index in [0.29, 0.717) is 0 Å². The van der Waals surface area contributed by atoms with Gasteiger partial charge in [-0.05, 0) is 25.2 Å². The Labute approximate surface area is 67.7 Å². The maximum absolute atomic E-state index is 10.1. The van der Waals surface area contributed by atoms with E-state index in [-0.39, 0.29) is 0 Å². The largest absolute Gasteiger partial charge is 0.333 e. The van der Waals surface area contributed by atoms with Crippen LogP contribution in [0, 0.1) is 5.92 Å². The Morgan fingerprint density at radius 3 is 3.09 bits per heavy atom. The molecule has 1 N–H and O–H groups in total. The highest BCUT2D eigenvalue weighted by Crippen LogP contribution is 2.23. The second-order valence-electron chi connectivity index (χ2n) is 3.04. The van der Waals surface area contributed by atoms with Crippen LogP contribution < -0.4 is 5.32 Å². The molecule has 0 fully saturated rings. The van der Waals surface area contributed by atoms with Gasteiger partial charge in [-0.2, -0.15) is 0 Å². The Balaban J connectivity index is 2.37. The molecule has 0 aliphatic heterocycles. The van der Waals surface area contributed by atoms with Gasteiger partial charge in [0, 0.05) is 5.70 Å². The summed E-state index contributed by atoms with van der Waals surface area (Å²) in [5.74, 6) is 0.840. The molecule has 1 atom stereocenters. The molecule has 0 radical (unpaired) electrons. The summed E-state index contributed by atoms with van der Waals surface area (Å²) in [6, 6.07) is 0. The lowest BCUT2D eigenvalue weighted by Gasteiger charge is -2.19. The number of rotatable bonds is 3. The van der Waals surface area contributed by atoms with Gasteiger partial charge >= 0.3 is 0 Å². The van der Waals surface area contributed by atoms with E-state index in [1.165, 1.54) is 12.8 Å². The van der Waals surface area contributed by atoms with E-state index >= 15 is 0 Å². The maximum atomic E-state index is 10.1. The highest BCUT2D eigenvalue weighted by atomic mass is 16.1. The molecule has 0 aromatic rings. The van der Waals surface area contributed by atoms with Gasteiger partial charge in [0.15, 0.2) is 0 Å². The minimum absolute atomic E-state index is 0.762. The molecule has 11 heavy (non-hydrogen) atoms. The summed E-state index contributed by atoms with van der Waals surface area (Å²) in [7, 11) is 0. The smallest absolute Gasteiger partial charge is 0.211 e. The summed E-state index contributed by atoms with van der Waals surface area (Å²) < 4.78 is 0. The Kier molecular flexibility index (Phi) is 3.14. The third kappa shape index (κ3) is 2.37. The number of carbonyl (C=O) groups excluding carboxylic acids is 1. The number of carbonyl (C=O) groups is 1. The van der Waals surface area contributed by atoms with Crippen LogP contribution in [0.3, 0.4) is 0 Å². The molecule has 1 aliphatic rings. The summed E-state index contributed by atoms with van der Waals surface area (Å²) in [6.07, 6.45) is 7.56. The summed E-state index contributed by atoms with van der Waals surface area (Å²) in [5, 5.41) is 2.71. The SMILES string of the molecule is CCC1CC=C(NC=O)CC1. The van der Waals surface area contributed by atoms with Gasteiger partial charge in [0.2, 0.25) is 6.41 Å². The van der Waals surface area contributed by atoms with Crippen LogP contribution in [0.25, 0.3) is 0 Å². The fourth-order valence-electron chi connectivity index (χ4n) is 1.47. The molecule has 1 rings (SSSR count). The molecule has 0 saturated heterocycles. The van der Waals surface area contributed by atoms with Crippen molar-refractivity contribution >= 4 is 6.41 Å². The molecule has 1 aliphatic carbocycles. The van der Waals surface area contributed by atoms with Gasteiger partial charge in [-0.25, -0.2) is 0 Å². The van der Waals surface area contributed by atoms with E-state index in [9.17, 15) is 4.79 Å². The van der Waals surface area contributed by atoms with E-state index in [4.69, 9.17) is 0 Å². The van der Waals surface area contributed by atoms with Gasteiger partial charge in [-0.1, -0.05) is 19.4 Å². The van der Waals surface area contributed by atoms with Gasteiger partial charge in [-0.3, -0.25) is 4.79 Å². The van der Waals surface area contributed by atoms with Crippen molar-refractivity contribution in [2.45, 2.75) is 32.6 Å². The molecule has 0 aromatic heterocycles. The average Bonchev–Trinajstić information content (AvgIpc) is 2.07. The molecule has 2 nitrogen and oxygen atoms in total. The number of hydrogen-bond donors (Lipinski definition) is 1. The van der Waals surface area contributed by atoms with Crippen LogP contribution in [-0.4, -0.2) is 6.41 Å². The summed E-state index contributed by atoms with van der Waals surface area (Å²) >= 11 is 0. The second kappa shape index (κ2) is 4.16. The lowest BCUT2D eigenvalue weighted by Crippen LogP contribution is -2.15. The van der Waals surface area contributed by atoms with Crippen molar-refractivity contribution in [2.75, 3.05) is 0 Å². The minimum atomic E-state index is 0.762. The van der Waals surface area contributed by atoms with Gasteiger partial charge in [-0.15, -0.1) is 0 Å².